The van der Waals surface area contributed by atoms with E-state index in [9.17, 15) is 9.18 Å². The zero-order valence-corrected chi connectivity index (χ0v) is 19.0. The molecule has 3 nitrogen and oxygen atoms in total. The lowest BCUT2D eigenvalue weighted by Crippen LogP contribution is -2.45. The maximum atomic E-state index is 13.9. The summed E-state index contributed by atoms with van der Waals surface area (Å²) < 4.78 is 13.9. The van der Waals surface area contributed by atoms with Crippen LogP contribution in [0.15, 0.2) is 72.8 Å². The Morgan fingerprint density at radius 2 is 1.81 bits per heavy atom. The van der Waals surface area contributed by atoms with Crippen LogP contribution in [0.5, 0.6) is 0 Å². The van der Waals surface area contributed by atoms with Crippen molar-refractivity contribution < 1.29 is 9.18 Å². The zero-order valence-electron chi connectivity index (χ0n) is 18.2. The monoisotopic (exact) mass is 450 g/mol. The number of amides is 1. The molecule has 1 aliphatic rings. The second-order valence-electron chi connectivity index (χ2n) is 8.63. The van der Waals surface area contributed by atoms with E-state index in [1.807, 2.05) is 66.7 Å². The number of piperidine rings is 1. The fraction of sp³-hybridized carbons (Fsp3) is 0.296. The van der Waals surface area contributed by atoms with Gasteiger partial charge in [-0.1, -0.05) is 72.3 Å². The first kappa shape index (κ1) is 22.5. The molecule has 1 saturated heterocycles. The first-order chi connectivity index (χ1) is 15.5. The first-order valence-corrected chi connectivity index (χ1v) is 11.4. The molecule has 5 heteroatoms. The highest BCUT2D eigenvalue weighted by Gasteiger charge is 2.32. The van der Waals surface area contributed by atoms with Crippen molar-refractivity contribution >= 4 is 17.5 Å². The van der Waals surface area contributed by atoms with Crippen molar-refractivity contribution in [3.05, 3.63) is 106 Å². The summed E-state index contributed by atoms with van der Waals surface area (Å²) >= 11 is 6.40. The summed E-state index contributed by atoms with van der Waals surface area (Å²) in [4.78, 5) is 15.4. The molecule has 4 rings (SSSR count). The Kier molecular flexibility index (Phi) is 7.23. The van der Waals surface area contributed by atoms with Crippen LogP contribution in [-0.2, 0) is 17.9 Å². The van der Waals surface area contributed by atoms with E-state index in [0.717, 1.165) is 34.7 Å². The highest BCUT2D eigenvalue weighted by atomic mass is 35.5. The third kappa shape index (κ3) is 5.56. The molecular weight excluding hydrogens is 423 g/mol. The molecule has 1 aliphatic heterocycles. The van der Waals surface area contributed by atoms with Gasteiger partial charge in [-0.15, -0.1) is 0 Å². The molecule has 0 aromatic heterocycles. The lowest BCUT2D eigenvalue weighted by atomic mass is 9.83. The van der Waals surface area contributed by atoms with Gasteiger partial charge in [0.05, 0.1) is 5.92 Å². The minimum absolute atomic E-state index is 0.0570. The minimum atomic E-state index is -0.199. The fourth-order valence-electron chi connectivity index (χ4n) is 4.47. The number of carbonyl (C=O) groups is 1. The summed E-state index contributed by atoms with van der Waals surface area (Å²) in [7, 11) is 0. The van der Waals surface area contributed by atoms with Gasteiger partial charge >= 0.3 is 0 Å². The van der Waals surface area contributed by atoms with Gasteiger partial charge in [0.15, 0.2) is 0 Å². The number of likely N-dealkylation sites (tertiary alicyclic amines) is 1. The molecule has 3 aromatic carbocycles. The van der Waals surface area contributed by atoms with Gasteiger partial charge in [0, 0.05) is 31.2 Å². The highest BCUT2D eigenvalue weighted by Crippen LogP contribution is 2.33. The minimum Gasteiger partial charge on any atom is -0.352 e. The maximum absolute atomic E-state index is 13.9. The smallest absolute Gasteiger partial charge is 0.224 e. The molecule has 32 heavy (non-hydrogen) atoms. The Morgan fingerprint density at radius 1 is 1.06 bits per heavy atom. The number of hydrogen-bond donors (Lipinski definition) is 1. The average molecular weight is 451 g/mol. The molecule has 0 aliphatic carbocycles. The fourth-order valence-corrected chi connectivity index (χ4v) is 4.67. The van der Waals surface area contributed by atoms with E-state index in [1.54, 1.807) is 6.92 Å². The maximum Gasteiger partial charge on any atom is 0.224 e. The molecule has 0 unspecified atom stereocenters. The van der Waals surface area contributed by atoms with Crippen LogP contribution in [0.1, 0.15) is 34.6 Å². The lowest BCUT2D eigenvalue weighted by molar-refractivity contribution is -0.127. The molecule has 0 saturated carbocycles. The molecule has 1 heterocycles. The van der Waals surface area contributed by atoms with E-state index < -0.39 is 0 Å². The summed E-state index contributed by atoms with van der Waals surface area (Å²) in [5, 5.41) is 3.84. The lowest BCUT2D eigenvalue weighted by Gasteiger charge is -2.37. The van der Waals surface area contributed by atoms with E-state index in [1.165, 1.54) is 6.07 Å². The number of nitrogens with one attached hydrogen (secondary N) is 1. The van der Waals surface area contributed by atoms with Crippen LogP contribution in [0, 0.1) is 18.7 Å². The van der Waals surface area contributed by atoms with Gasteiger partial charge in [0.2, 0.25) is 5.91 Å². The van der Waals surface area contributed by atoms with Crippen LogP contribution >= 0.6 is 11.6 Å². The Bertz CT molecular complexity index is 1070. The second kappa shape index (κ2) is 10.3. The second-order valence-corrected chi connectivity index (χ2v) is 9.03. The zero-order chi connectivity index (χ0) is 22.5. The summed E-state index contributed by atoms with van der Waals surface area (Å²) in [5.74, 6) is -0.139. The molecule has 3 aromatic rings. The summed E-state index contributed by atoms with van der Waals surface area (Å²) in [5.41, 5.74) is 3.84. The summed E-state index contributed by atoms with van der Waals surface area (Å²) in [6.45, 7) is 4.45. The quantitative estimate of drug-likeness (QED) is 0.521. The molecule has 0 spiro atoms. The first-order valence-electron chi connectivity index (χ1n) is 11.0. The average Bonchev–Trinajstić information content (AvgIpc) is 2.81. The van der Waals surface area contributed by atoms with Gasteiger partial charge < -0.3 is 5.32 Å². The van der Waals surface area contributed by atoms with E-state index >= 15 is 0 Å². The van der Waals surface area contributed by atoms with E-state index in [0.29, 0.717) is 25.2 Å². The third-order valence-electron chi connectivity index (χ3n) is 6.21. The Labute approximate surface area is 194 Å². The number of rotatable bonds is 6. The number of hydrogen-bond acceptors (Lipinski definition) is 2. The standard InChI is InChI=1S/C27H28ClFN2O/c1-19-13-21(11-12-26(19)29)23-14-24(27(32)30-15-20-7-3-2-4-8-20)18-31(17-23)16-22-9-5-6-10-25(22)28/h2-13,23-24H,14-18H2,1H3,(H,30,32)/t23-,24+/m0/s1. The van der Waals surface area contributed by atoms with Gasteiger partial charge in [0.25, 0.3) is 0 Å². The topological polar surface area (TPSA) is 32.3 Å². The number of carbonyl (C=O) groups excluding carboxylic acids is 1. The predicted octanol–water partition coefficient (Wildman–Crippen LogP) is 5.71. The number of nitrogens with zero attached hydrogens (tertiary/aromatic N) is 1. The molecule has 1 N–H and O–H groups in total. The van der Waals surface area contributed by atoms with Crippen molar-refractivity contribution in [3.63, 3.8) is 0 Å². The summed E-state index contributed by atoms with van der Waals surface area (Å²) in [6.07, 6.45) is 0.741. The Hall–Kier alpha value is -2.69. The SMILES string of the molecule is Cc1cc([C@H]2C[C@@H](C(=O)NCc3ccccc3)CN(Cc3ccccc3Cl)C2)ccc1F. The van der Waals surface area contributed by atoms with Crippen molar-refractivity contribution in [2.45, 2.75) is 32.4 Å². The van der Waals surface area contributed by atoms with Crippen molar-refractivity contribution in [2.75, 3.05) is 13.1 Å². The molecule has 1 fully saturated rings. The van der Waals surface area contributed by atoms with Gasteiger partial charge in [-0.3, -0.25) is 9.69 Å². The van der Waals surface area contributed by atoms with Crippen molar-refractivity contribution in [2.24, 2.45) is 5.92 Å². The van der Waals surface area contributed by atoms with Crippen LogP contribution in [0.4, 0.5) is 4.39 Å². The van der Waals surface area contributed by atoms with E-state index in [2.05, 4.69) is 10.2 Å². The van der Waals surface area contributed by atoms with Gasteiger partial charge in [-0.2, -0.15) is 0 Å². The van der Waals surface area contributed by atoms with E-state index in [4.69, 9.17) is 11.6 Å². The molecule has 166 valence electrons. The number of benzene rings is 3. The van der Waals surface area contributed by atoms with Gasteiger partial charge in [0.1, 0.15) is 5.82 Å². The predicted molar refractivity (Wildman–Crippen MR) is 127 cm³/mol. The van der Waals surface area contributed by atoms with Crippen LogP contribution in [0.2, 0.25) is 5.02 Å². The van der Waals surface area contributed by atoms with Crippen molar-refractivity contribution in [1.29, 1.82) is 0 Å². The summed E-state index contributed by atoms with van der Waals surface area (Å²) in [6, 6.07) is 23.1. The molecular formula is C27H28ClFN2O. The molecule has 1 amide bonds. The van der Waals surface area contributed by atoms with Crippen LogP contribution < -0.4 is 5.32 Å². The van der Waals surface area contributed by atoms with Gasteiger partial charge in [-0.25, -0.2) is 4.39 Å². The third-order valence-corrected chi connectivity index (χ3v) is 6.58. The molecule has 2 atom stereocenters. The number of aryl methyl sites for hydroxylation is 1. The molecule has 0 bridgehead atoms. The Balaban J connectivity index is 1.52. The normalized spacial score (nSPS) is 19.0. The Morgan fingerprint density at radius 3 is 2.56 bits per heavy atom. The largest absolute Gasteiger partial charge is 0.352 e. The van der Waals surface area contributed by atoms with Gasteiger partial charge in [-0.05, 0) is 53.6 Å². The van der Waals surface area contributed by atoms with Crippen LogP contribution in [-0.4, -0.2) is 23.9 Å². The van der Waals surface area contributed by atoms with Crippen LogP contribution in [0.3, 0.4) is 0 Å². The highest BCUT2D eigenvalue weighted by molar-refractivity contribution is 6.31. The van der Waals surface area contributed by atoms with E-state index in [-0.39, 0.29) is 23.6 Å². The molecule has 0 radical (unpaired) electrons. The number of halogens is 2. The van der Waals surface area contributed by atoms with Crippen molar-refractivity contribution in [3.8, 4) is 0 Å². The van der Waals surface area contributed by atoms with Crippen molar-refractivity contribution in [1.82, 2.24) is 10.2 Å². The van der Waals surface area contributed by atoms with Crippen LogP contribution in [0.25, 0.3) is 0 Å².